The van der Waals surface area contributed by atoms with Crippen molar-refractivity contribution in [3.05, 3.63) is 0 Å². The molecule has 1 amide bonds. The predicted molar refractivity (Wildman–Crippen MR) is 57.6 cm³/mol. The van der Waals surface area contributed by atoms with E-state index in [0.29, 0.717) is 5.11 Å². The molecule has 0 heterocycles. The topological polar surface area (TPSA) is 44.4 Å². The summed E-state index contributed by atoms with van der Waals surface area (Å²) in [6.45, 7) is 5.66. The van der Waals surface area contributed by atoms with Crippen LogP contribution < -0.4 is 10.6 Å². The SMILES string of the molecule is CCN(CC)C(=O)CNC(=S)NC. The van der Waals surface area contributed by atoms with E-state index in [9.17, 15) is 4.79 Å². The van der Waals surface area contributed by atoms with Crippen LogP contribution in [-0.4, -0.2) is 42.6 Å². The smallest absolute Gasteiger partial charge is 0.241 e. The summed E-state index contributed by atoms with van der Waals surface area (Å²) >= 11 is 4.84. The van der Waals surface area contributed by atoms with Crippen molar-refractivity contribution >= 4 is 23.2 Å². The van der Waals surface area contributed by atoms with Crippen LogP contribution in [0.2, 0.25) is 0 Å². The normalized spacial score (nSPS) is 9.15. The Morgan fingerprint density at radius 3 is 2.31 bits per heavy atom. The fourth-order valence-electron chi connectivity index (χ4n) is 0.932. The van der Waals surface area contributed by atoms with Crippen LogP contribution in [0.1, 0.15) is 13.8 Å². The molecule has 0 spiro atoms. The Bertz CT molecular complexity index is 180. The van der Waals surface area contributed by atoms with Crippen LogP contribution in [0.3, 0.4) is 0 Å². The van der Waals surface area contributed by atoms with Gasteiger partial charge in [-0.1, -0.05) is 0 Å². The van der Waals surface area contributed by atoms with Crippen LogP contribution in [-0.2, 0) is 4.79 Å². The summed E-state index contributed by atoms with van der Waals surface area (Å²) in [6, 6.07) is 0. The van der Waals surface area contributed by atoms with E-state index >= 15 is 0 Å². The molecule has 0 aliphatic heterocycles. The number of amides is 1. The van der Waals surface area contributed by atoms with Gasteiger partial charge in [-0.25, -0.2) is 0 Å². The first-order chi connectivity index (χ1) is 6.15. The molecular formula is C8H17N3OS. The van der Waals surface area contributed by atoms with Gasteiger partial charge in [-0.05, 0) is 26.1 Å². The second-order valence-corrected chi connectivity index (χ2v) is 2.91. The van der Waals surface area contributed by atoms with Crippen LogP contribution in [0.15, 0.2) is 0 Å². The molecule has 0 aliphatic rings. The fraction of sp³-hybridized carbons (Fsp3) is 0.750. The van der Waals surface area contributed by atoms with E-state index in [2.05, 4.69) is 10.6 Å². The van der Waals surface area contributed by atoms with Crippen LogP contribution in [0.4, 0.5) is 0 Å². The largest absolute Gasteiger partial charge is 0.366 e. The van der Waals surface area contributed by atoms with E-state index < -0.39 is 0 Å². The Kier molecular flexibility index (Phi) is 6.22. The molecule has 13 heavy (non-hydrogen) atoms. The molecule has 4 nitrogen and oxygen atoms in total. The molecule has 76 valence electrons. The lowest BCUT2D eigenvalue weighted by Gasteiger charge is -2.19. The molecule has 0 aliphatic carbocycles. The number of nitrogens with one attached hydrogen (secondary N) is 2. The maximum absolute atomic E-state index is 11.4. The van der Waals surface area contributed by atoms with Crippen molar-refractivity contribution in [1.82, 2.24) is 15.5 Å². The van der Waals surface area contributed by atoms with Gasteiger partial charge in [-0.3, -0.25) is 4.79 Å². The molecule has 0 aromatic rings. The molecule has 0 rings (SSSR count). The lowest BCUT2D eigenvalue weighted by atomic mass is 10.4. The number of hydrogen-bond donors (Lipinski definition) is 2. The summed E-state index contributed by atoms with van der Waals surface area (Å²) in [7, 11) is 1.72. The van der Waals surface area contributed by atoms with E-state index in [1.165, 1.54) is 0 Å². The van der Waals surface area contributed by atoms with Crippen molar-refractivity contribution in [2.45, 2.75) is 13.8 Å². The quantitative estimate of drug-likeness (QED) is 0.629. The molecule has 0 fully saturated rings. The van der Waals surface area contributed by atoms with Gasteiger partial charge >= 0.3 is 0 Å². The van der Waals surface area contributed by atoms with Gasteiger partial charge in [-0.2, -0.15) is 0 Å². The first kappa shape index (κ1) is 12.2. The number of nitrogens with zero attached hydrogens (tertiary/aromatic N) is 1. The molecular weight excluding hydrogens is 186 g/mol. The number of thiocarbonyl (C=S) groups is 1. The summed E-state index contributed by atoms with van der Waals surface area (Å²) in [4.78, 5) is 13.2. The molecule has 0 radical (unpaired) electrons. The minimum absolute atomic E-state index is 0.0719. The number of likely N-dealkylation sites (N-methyl/N-ethyl adjacent to an activating group) is 1. The Morgan fingerprint density at radius 2 is 1.92 bits per heavy atom. The predicted octanol–water partition coefficient (Wildman–Crippen LogP) is -0.0513. The van der Waals surface area contributed by atoms with Gasteiger partial charge in [0.05, 0.1) is 6.54 Å². The van der Waals surface area contributed by atoms with Crippen molar-refractivity contribution < 1.29 is 4.79 Å². The van der Waals surface area contributed by atoms with Crippen LogP contribution in [0.25, 0.3) is 0 Å². The maximum atomic E-state index is 11.4. The third-order valence-electron chi connectivity index (χ3n) is 1.74. The number of rotatable bonds is 4. The standard InChI is InChI=1S/C8H17N3OS/c1-4-11(5-2)7(12)6-10-8(13)9-3/h4-6H2,1-3H3,(H2,9,10,13). The maximum Gasteiger partial charge on any atom is 0.241 e. The van der Waals surface area contributed by atoms with Gasteiger partial charge in [0.1, 0.15) is 0 Å². The monoisotopic (exact) mass is 203 g/mol. The zero-order valence-corrected chi connectivity index (χ0v) is 9.20. The summed E-state index contributed by atoms with van der Waals surface area (Å²) in [6.07, 6.45) is 0. The molecule has 0 aromatic heterocycles. The fourth-order valence-corrected chi connectivity index (χ4v) is 1.00. The average molecular weight is 203 g/mol. The highest BCUT2D eigenvalue weighted by Gasteiger charge is 2.08. The van der Waals surface area contributed by atoms with E-state index in [0.717, 1.165) is 13.1 Å². The second-order valence-electron chi connectivity index (χ2n) is 2.50. The number of carbonyl (C=O) groups is 1. The van der Waals surface area contributed by atoms with Crippen molar-refractivity contribution in [2.24, 2.45) is 0 Å². The zero-order chi connectivity index (χ0) is 10.3. The minimum atomic E-state index is 0.0719. The van der Waals surface area contributed by atoms with Crippen molar-refractivity contribution in [1.29, 1.82) is 0 Å². The summed E-state index contributed by atoms with van der Waals surface area (Å²) < 4.78 is 0. The highest BCUT2D eigenvalue weighted by Crippen LogP contribution is 1.86. The third-order valence-corrected chi connectivity index (χ3v) is 2.09. The van der Waals surface area contributed by atoms with E-state index in [1.54, 1.807) is 11.9 Å². The lowest BCUT2D eigenvalue weighted by Crippen LogP contribution is -2.42. The van der Waals surface area contributed by atoms with Gasteiger partial charge < -0.3 is 15.5 Å². The Labute approximate surface area is 84.7 Å². The Hall–Kier alpha value is -0.840. The molecule has 5 heteroatoms. The molecule has 0 bridgehead atoms. The van der Waals surface area contributed by atoms with E-state index in [4.69, 9.17) is 12.2 Å². The van der Waals surface area contributed by atoms with Gasteiger partial charge in [0, 0.05) is 20.1 Å². The van der Waals surface area contributed by atoms with Crippen molar-refractivity contribution in [3.8, 4) is 0 Å². The third kappa shape index (κ3) is 4.67. The van der Waals surface area contributed by atoms with Crippen LogP contribution in [0.5, 0.6) is 0 Å². The summed E-state index contributed by atoms with van der Waals surface area (Å²) in [5.41, 5.74) is 0. The molecule has 0 saturated heterocycles. The van der Waals surface area contributed by atoms with E-state index in [1.807, 2.05) is 13.8 Å². The first-order valence-corrected chi connectivity index (χ1v) is 4.79. The first-order valence-electron chi connectivity index (χ1n) is 4.39. The van der Waals surface area contributed by atoms with Crippen LogP contribution >= 0.6 is 12.2 Å². The zero-order valence-electron chi connectivity index (χ0n) is 8.39. The second kappa shape index (κ2) is 6.65. The molecule has 0 atom stereocenters. The molecule has 0 aromatic carbocycles. The highest BCUT2D eigenvalue weighted by atomic mass is 32.1. The Balaban J connectivity index is 3.79. The minimum Gasteiger partial charge on any atom is -0.366 e. The highest BCUT2D eigenvalue weighted by molar-refractivity contribution is 7.80. The Morgan fingerprint density at radius 1 is 1.38 bits per heavy atom. The van der Waals surface area contributed by atoms with Gasteiger partial charge in [0.2, 0.25) is 5.91 Å². The molecule has 0 saturated carbocycles. The molecule has 0 unspecified atom stereocenters. The van der Waals surface area contributed by atoms with Crippen LogP contribution in [0, 0.1) is 0 Å². The van der Waals surface area contributed by atoms with Gasteiger partial charge in [0.15, 0.2) is 5.11 Å². The molecule has 2 N–H and O–H groups in total. The van der Waals surface area contributed by atoms with Crippen molar-refractivity contribution in [2.75, 3.05) is 26.7 Å². The average Bonchev–Trinajstić information content (AvgIpc) is 2.16. The number of hydrogen-bond acceptors (Lipinski definition) is 2. The summed E-state index contributed by atoms with van der Waals surface area (Å²) in [5, 5.41) is 6.06. The van der Waals surface area contributed by atoms with Gasteiger partial charge in [0.25, 0.3) is 0 Å². The number of carbonyl (C=O) groups excluding carboxylic acids is 1. The van der Waals surface area contributed by atoms with E-state index in [-0.39, 0.29) is 12.5 Å². The van der Waals surface area contributed by atoms with Crippen molar-refractivity contribution in [3.63, 3.8) is 0 Å². The summed E-state index contributed by atoms with van der Waals surface area (Å²) in [5.74, 6) is 0.0719. The van der Waals surface area contributed by atoms with Gasteiger partial charge in [-0.15, -0.1) is 0 Å². The lowest BCUT2D eigenvalue weighted by molar-refractivity contribution is -0.129.